The van der Waals surface area contributed by atoms with E-state index in [2.05, 4.69) is 49.2 Å². The zero-order valence-corrected chi connectivity index (χ0v) is 13.7. The van der Waals surface area contributed by atoms with Crippen molar-refractivity contribution in [2.45, 2.75) is 65.1 Å². The van der Waals surface area contributed by atoms with Crippen molar-refractivity contribution < 1.29 is 0 Å². The number of rotatable bonds is 6. The van der Waals surface area contributed by atoms with Gasteiger partial charge in [0.2, 0.25) is 0 Å². The largest absolute Gasteiger partial charge is 0.365 e. The van der Waals surface area contributed by atoms with E-state index in [-0.39, 0.29) is 0 Å². The minimum atomic E-state index is 0.599. The third-order valence-electron chi connectivity index (χ3n) is 4.30. The van der Waals surface area contributed by atoms with Gasteiger partial charge in [0, 0.05) is 18.6 Å². The smallest absolute Gasteiger partial charge is 0.0642 e. The molecular weight excluding hydrogens is 268 g/mol. The van der Waals surface area contributed by atoms with Crippen molar-refractivity contribution in [2.75, 3.05) is 11.4 Å². The average molecular weight is 295 g/mol. The highest BCUT2D eigenvalue weighted by atomic mass is 35.5. The van der Waals surface area contributed by atoms with Gasteiger partial charge in [0.25, 0.3) is 0 Å². The summed E-state index contributed by atoms with van der Waals surface area (Å²) in [7, 11) is 0. The Kier molecular flexibility index (Phi) is 5.74. The van der Waals surface area contributed by atoms with Gasteiger partial charge < -0.3 is 10.2 Å². The van der Waals surface area contributed by atoms with Gasteiger partial charge in [0.15, 0.2) is 0 Å². The summed E-state index contributed by atoms with van der Waals surface area (Å²) >= 11 is 6.54. The lowest BCUT2D eigenvalue weighted by Gasteiger charge is -2.31. The molecule has 2 rings (SSSR count). The predicted octanol–water partition coefficient (Wildman–Crippen LogP) is 4.61. The Morgan fingerprint density at radius 3 is 2.75 bits per heavy atom. The molecule has 1 fully saturated rings. The molecule has 1 N–H and O–H groups in total. The van der Waals surface area contributed by atoms with E-state index in [0.717, 1.165) is 24.5 Å². The Labute approximate surface area is 128 Å². The van der Waals surface area contributed by atoms with E-state index in [1.54, 1.807) is 0 Å². The number of halogens is 1. The Bertz CT molecular complexity index is 433. The molecule has 2 unspecified atom stereocenters. The summed E-state index contributed by atoms with van der Waals surface area (Å²) in [5.41, 5.74) is 2.48. The molecule has 0 aliphatic carbocycles. The molecule has 0 aromatic heterocycles. The van der Waals surface area contributed by atoms with Crippen molar-refractivity contribution in [1.82, 2.24) is 5.32 Å². The molecular formula is C17H27ClN2. The third kappa shape index (κ3) is 3.48. The number of nitrogens with one attached hydrogen (secondary N) is 1. The number of anilines is 1. The summed E-state index contributed by atoms with van der Waals surface area (Å²) in [6.45, 7) is 8.72. The summed E-state index contributed by atoms with van der Waals surface area (Å²) < 4.78 is 0. The Morgan fingerprint density at radius 2 is 2.10 bits per heavy atom. The van der Waals surface area contributed by atoms with Crippen LogP contribution >= 0.6 is 11.6 Å². The van der Waals surface area contributed by atoms with Crippen LogP contribution in [0.1, 0.15) is 52.0 Å². The second kappa shape index (κ2) is 7.33. The van der Waals surface area contributed by atoms with Crippen molar-refractivity contribution >= 4 is 17.3 Å². The molecule has 0 saturated carbocycles. The Morgan fingerprint density at radius 1 is 1.30 bits per heavy atom. The maximum absolute atomic E-state index is 6.54. The summed E-state index contributed by atoms with van der Waals surface area (Å²) in [4.78, 5) is 2.52. The third-order valence-corrected chi connectivity index (χ3v) is 4.61. The molecule has 112 valence electrons. The molecule has 3 heteroatoms. The normalized spacial score (nSPS) is 22.5. The fraction of sp³-hybridized carbons (Fsp3) is 0.647. The molecule has 0 amide bonds. The lowest BCUT2D eigenvalue weighted by molar-refractivity contribution is 0.627. The van der Waals surface area contributed by atoms with E-state index in [4.69, 9.17) is 11.6 Å². The van der Waals surface area contributed by atoms with Crippen LogP contribution in [0.5, 0.6) is 0 Å². The first-order chi connectivity index (χ1) is 9.67. The zero-order chi connectivity index (χ0) is 14.5. The fourth-order valence-electron chi connectivity index (χ4n) is 3.19. The number of benzene rings is 1. The van der Waals surface area contributed by atoms with Crippen molar-refractivity contribution in [2.24, 2.45) is 0 Å². The summed E-state index contributed by atoms with van der Waals surface area (Å²) in [5.74, 6) is 0. The predicted molar refractivity (Wildman–Crippen MR) is 88.7 cm³/mol. The number of nitrogens with zero attached hydrogens (tertiary/aromatic N) is 1. The molecule has 1 saturated heterocycles. The van der Waals surface area contributed by atoms with E-state index >= 15 is 0 Å². The zero-order valence-electron chi connectivity index (χ0n) is 13.0. The van der Waals surface area contributed by atoms with Gasteiger partial charge in [-0.3, -0.25) is 0 Å². The van der Waals surface area contributed by atoms with Crippen LogP contribution in [0, 0.1) is 0 Å². The molecule has 2 atom stereocenters. The van der Waals surface area contributed by atoms with Gasteiger partial charge in [-0.2, -0.15) is 0 Å². The molecule has 1 aliphatic heterocycles. The second-order valence-corrected chi connectivity index (χ2v) is 6.27. The lowest BCUT2D eigenvalue weighted by Crippen LogP contribution is -2.34. The van der Waals surface area contributed by atoms with E-state index in [1.807, 2.05) is 0 Å². The van der Waals surface area contributed by atoms with Crippen molar-refractivity contribution in [1.29, 1.82) is 0 Å². The van der Waals surface area contributed by atoms with Gasteiger partial charge in [-0.1, -0.05) is 31.5 Å². The van der Waals surface area contributed by atoms with Crippen LogP contribution in [-0.4, -0.2) is 18.6 Å². The number of hydrogen-bond acceptors (Lipinski definition) is 2. The van der Waals surface area contributed by atoms with E-state index in [1.165, 1.54) is 30.5 Å². The highest BCUT2D eigenvalue weighted by Crippen LogP contribution is 2.36. The Hall–Kier alpha value is -0.730. The quantitative estimate of drug-likeness (QED) is 0.771. The SMILES string of the molecule is CCCNCc1ccc(N2C(C)CCC2CC)c(Cl)c1. The van der Waals surface area contributed by atoms with Crippen LogP contribution in [0.2, 0.25) is 5.02 Å². The van der Waals surface area contributed by atoms with Gasteiger partial charge in [-0.05, 0) is 56.8 Å². The molecule has 0 bridgehead atoms. The topological polar surface area (TPSA) is 15.3 Å². The van der Waals surface area contributed by atoms with Gasteiger partial charge in [0.1, 0.15) is 0 Å². The van der Waals surface area contributed by atoms with Crippen molar-refractivity contribution in [3.63, 3.8) is 0 Å². The molecule has 1 aliphatic rings. The summed E-state index contributed by atoms with van der Waals surface area (Å²) in [6.07, 6.45) is 4.91. The minimum Gasteiger partial charge on any atom is -0.365 e. The van der Waals surface area contributed by atoms with Crippen molar-refractivity contribution in [3.05, 3.63) is 28.8 Å². The fourth-order valence-corrected chi connectivity index (χ4v) is 3.49. The van der Waals surface area contributed by atoms with Gasteiger partial charge in [0.05, 0.1) is 10.7 Å². The second-order valence-electron chi connectivity index (χ2n) is 5.86. The van der Waals surface area contributed by atoms with Crippen LogP contribution in [0.15, 0.2) is 18.2 Å². The van der Waals surface area contributed by atoms with E-state index in [9.17, 15) is 0 Å². The van der Waals surface area contributed by atoms with Crippen LogP contribution in [-0.2, 0) is 6.54 Å². The monoisotopic (exact) mass is 294 g/mol. The lowest BCUT2D eigenvalue weighted by atomic mass is 10.1. The van der Waals surface area contributed by atoms with Gasteiger partial charge in [-0.25, -0.2) is 0 Å². The van der Waals surface area contributed by atoms with Crippen LogP contribution in [0.4, 0.5) is 5.69 Å². The highest BCUT2D eigenvalue weighted by molar-refractivity contribution is 6.33. The molecule has 20 heavy (non-hydrogen) atoms. The molecule has 0 radical (unpaired) electrons. The number of hydrogen-bond donors (Lipinski definition) is 1. The average Bonchev–Trinajstić information content (AvgIpc) is 2.80. The van der Waals surface area contributed by atoms with Gasteiger partial charge in [-0.15, -0.1) is 0 Å². The highest BCUT2D eigenvalue weighted by Gasteiger charge is 2.30. The Balaban J connectivity index is 2.12. The molecule has 0 spiro atoms. The van der Waals surface area contributed by atoms with Crippen molar-refractivity contribution in [3.8, 4) is 0 Å². The standard InChI is InChI=1S/C17H27ClN2/c1-4-10-19-12-14-7-9-17(16(18)11-14)20-13(3)6-8-15(20)5-2/h7,9,11,13,15,19H,4-6,8,10,12H2,1-3H3. The van der Waals surface area contributed by atoms with Gasteiger partial charge >= 0.3 is 0 Å². The summed E-state index contributed by atoms with van der Waals surface area (Å²) in [5, 5.41) is 4.32. The van der Waals surface area contributed by atoms with E-state index < -0.39 is 0 Å². The molecule has 1 heterocycles. The van der Waals surface area contributed by atoms with E-state index in [0.29, 0.717) is 12.1 Å². The maximum Gasteiger partial charge on any atom is 0.0642 e. The molecule has 1 aromatic rings. The summed E-state index contributed by atoms with van der Waals surface area (Å²) in [6, 6.07) is 7.78. The van der Waals surface area contributed by atoms with Crippen LogP contribution < -0.4 is 10.2 Å². The first kappa shape index (κ1) is 15.7. The first-order valence-corrected chi connectivity index (χ1v) is 8.32. The first-order valence-electron chi connectivity index (χ1n) is 7.94. The molecule has 1 aromatic carbocycles. The van der Waals surface area contributed by atoms with Crippen LogP contribution in [0.25, 0.3) is 0 Å². The maximum atomic E-state index is 6.54. The minimum absolute atomic E-state index is 0.599. The van der Waals surface area contributed by atoms with Crippen LogP contribution in [0.3, 0.4) is 0 Å². The molecule has 2 nitrogen and oxygen atoms in total.